The number of nitrogens with one attached hydrogen (secondary N) is 1. The van der Waals surface area contributed by atoms with Crippen LogP contribution in [0.3, 0.4) is 0 Å². The normalized spacial score (nSPS) is 23.2. The van der Waals surface area contributed by atoms with Gasteiger partial charge in [0.25, 0.3) is 0 Å². The summed E-state index contributed by atoms with van der Waals surface area (Å²) in [5.74, 6) is 0.991. The molecule has 0 amide bonds. The van der Waals surface area contributed by atoms with E-state index >= 15 is 0 Å². The Labute approximate surface area is 137 Å². The number of benzene rings is 1. The Bertz CT molecular complexity index is 442. The Kier molecular flexibility index (Phi) is 6.52. The summed E-state index contributed by atoms with van der Waals surface area (Å²) in [4.78, 5) is 0. The van der Waals surface area contributed by atoms with E-state index in [0.29, 0.717) is 12.1 Å². The quantitative estimate of drug-likeness (QED) is 0.813. The minimum atomic E-state index is 0.598. The van der Waals surface area contributed by atoms with Crippen molar-refractivity contribution >= 4 is 15.9 Å². The van der Waals surface area contributed by atoms with E-state index in [1.807, 2.05) is 6.07 Å². The molecule has 0 aliphatic carbocycles. The second kappa shape index (κ2) is 8.16. The van der Waals surface area contributed by atoms with E-state index in [1.54, 1.807) is 0 Å². The van der Waals surface area contributed by atoms with Gasteiger partial charge in [-0.1, -0.05) is 29.3 Å². The zero-order valence-corrected chi connectivity index (χ0v) is 14.9. The third-order valence-corrected chi connectivity index (χ3v) is 4.62. The Balaban J connectivity index is 2.02. The van der Waals surface area contributed by atoms with E-state index in [1.165, 1.54) is 24.8 Å². The molecule has 1 N–H and O–H groups in total. The number of hydrogen-bond acceptors (Lipinski definition) is 3. The van der Waals surface area contributed by atoms with E-state index in [-0.39, 0.29) is 0 Å². The standard InChI is InChI=1S/C17H27BrN2O/c1-4-10-21-17-9-8-16(18)11-15(17)12-19-20-13(2)6-5-7-14(20)3/h8-9,11,13-14,19H,4-7,10,12H2,1-3H3. The van der Waals surface area contributed by atoms with Gasteiger partial charge in [-0.25, -0.2) is 5.01 Å². The molecule has 1 aliphatic heterocycles. The van der Waals surface area contributed by atoms with Gasteiger partial charge in [0.1, 0.15) is 5.75 Å². The molecule has 0 spiro atoms. The molecule has 2 atom stereocenters. The molecule has 1 heterocycles. The maximum Gasteiger partial charge on any atom is 0.123 e. The summed E-state index contributed by atoms with van der Waals surface area (Å²) in [7, 11) is 0. The monoisotopic (exact) mass is 354 g/mol. The van der Waals surface area contributed by atoms with Crippen LogP contribution in [0.5, 0.6) is 5.75 Å². The van der Waals surface area contributed by atoms with Gasteiger partial charge < -0.3 is 4.74 Å². The van der Waals surface area contributed by atoms with Gasteiger partial charge in [0.15, 0.2) is 0 Å². The van der Waals surface area contributed by atoms with Crippen LogP contribution in [0.4, 0.5) is 0 Å². The summed E-state index contributed by atoms with van der Waals surface area (Å²) in [6.45, 7) is 8.32. The summed E-state index contributed by atoms with van der Waals surface area (Å²) in [6, 6.07) is 7.44. The highest BCUT2D eigenvalue weighted by atomic mass is 79.9. The van der Waals surface area contributed by atoms with Gasteiger partial charge in [-0.2, -0.15) is 0 Å². The van der Waals surface area contributed by atoms with Gasteiger partial charge in [0.05, 0.1) is 6.61 Å². The van der Waals surface area contributed by atoms with Crippen LogP contribution in [0.1, 0.15) is 52.0 Å². The summed E-state index contributed by atoms with van der Waals surface area (Å²) < 4.78 is 6.96. The molecular weight excluding hydrogens is 328 g/mol. The van der Waals surface area contributed by atoms with Crippen molar-refractivity contribution in [1.29, 1.82) is 0 Å². The molecule has 0 aromatic heterocycles. The maximum absolute atomic E-state index is 5.86. The number of hydrazine groups is 1. The van der Waals surface area contributed by atoms with Gasteiger partial charge in [-0.05, 0) is 51.3 Å². The third kappa shape index (κ3) is 4.70. The molecule has 4 heteroatoms. The Morgan fingerprint density at radius 2 is 2.00 bits per heavy atom. The van der Waals surface area contributed by atoms with Crippen LogP contribution in [-0.4, -0.2) is 23.7 Å². The highest BCUT2D eigenvalue weighted by Crippen LogP contribution is 2.25. The topological polar surface area (TPSA) is 24.5 Å². The molecule has 1 saturated heterocycles. The summed E-state index contributed by atoms with van der Waals surface area (Å²) in [6.07, 6.45) is 4.91. The van der Waals surface area contributed by atoms with Crippen molar-refractivity contribution in [2.45, 2.75) is 65.1 Å². The third-order valence-electron chi connectivity index (χ3n) is 4.13. The van der Waals surface area contributed by atoms with E-state index in [9.17, 15) is 0 Å². The van der Waals surface area contributed by atoms with E-state index < -0.39 is 0 Å². The van der Waals surface area contributed by atoms with Gasteiger partial charge in [-0.3, -0.25) is 5.43 Å². The fraction of sp³-hybridized carbons (Fsp3) is 0.647. The van der Waals surface area contributed by atoms with Crippen molar-refractivity contribution in [3.63, 3.8) is 0 Å². The highest BCUT2D eigenvalue weighted by Gasteiger charge is 2.24. The van der Waals surface area contributed by atoms with Crippen LogP contribution in [0.2, 0.25) is 0 Å². The molecule has 21 heavy (non-hydrogen) atoms. The fourth-order valence-electron chi connectivity index (χ4n) is 2.95. The van der Waals surface area contributed by atoms with Crippen LogP contribution in [0.25, 0.3) is 0 Å². The first kappa shape index (κ1) is 16.8. The smallest absolute Gasteiger partial charge is 0.123 e. The predicted molar refractivity (Wildman–Crippen MR) is 91.4 cm³/mol. The second-order valence-electron chi connectivity index (χ2n) is 5.97. The molecule has 1 fully saturated rings. The lowest BCUT2D eigenvalue weighted by Crippen LogP contribution is -2.51. The van der Waals surface area contributed by atoms with Crippen molar-refractivity contribution in [2.75, 3.05) is 6.61 Å². The first-order valence-corrected chi connectivity index (χ1v) is 8.84. The highest BCUT2D eigenvalue weighted by molar-refractivity contribution is 9.10. The van der Waals surface area contributed by atoms with Gasteiger partial charge >= 0.3 is 0 Å². The van der Waals surface area contributed by atoms with Crippen LogP contribution < -0.4 is 10.2 Å². The number of piperidine rings is 1. The first-order valence-electron chi connectivity index (χ1n) is 8.05. The maximum atomic E-state index is 5.86. The lowest BCUT2D eigenvalue weighted by atomic mass is 10.00. The molecule has 1 aromatic carbocycles. The number of halogens is 1. The molecule has 3 nitrogen and oxygen atoms in total. The second-order valence-corrected chi connectivity index (χ2v) is 6.89. The lowest BCUT2D eigenvalue weighted by molar-refractivity contribution is 0.0432. The van der Waals surface area contributed by atoms with Crippen molar-refractivity contribution in [3.05, 3.63) is 28.2 Å². The molecule has 2 rings (SSSR count). The van der Waals surface area contributed by atoms with E-state index in [4.69, 9.17) is 4.74 Å². The fourth-order valence-corrected chi connectivity index (χ4v) is 3.36. The van der Waals surface area contributed by atoms with Crippen molar-refractivity contribution < 1.29 is 4.74 Å². The predicted octanol–water partition coefficient (Wildman–Crippen LogP) is 4.51. The Morgan fingerprint density at radius 1 is 1.29 bits per heavy atom. The summed E-state index contributed by atoms with van der Waals surface area (Å²) in [5.41, 5.74) is 4.82. The minimum absolute atomic E-state index is 0.598. The molecular formula is C17H27BrN2O. The van der Waals surface area contributed by atoms with Crippen LogP contribution in [0, 0.1) is 0 Å². The van der Waals surface area contributed by atoms with Crippen LogP contribution in [0.15, 0.2) is 22.7 Å². The Morgan fingerprint density at radius 3 is 2.67 bits per heavy atom. The molecule has 0 bridgehead atoms. The van der Waals surface area contributed by atoms with Gasteiger partial charge in [0, 0.05) is 28.7 Å². The molecule has 0 saturated carbocycles. The van der Waals surface area contributed by atoms with E-state index in [2.05, 4.69) is 59.3 Å². The van der Waals surface area contributed by atoms with Crippen LogP contribution >= 0.6 is 15.9 Å². The summed E-state index contributed by atoms with van der Waals surface area (Å²) in [5, 5.41) is 2.41. The first-order chi connectivity index (χ1) is 10.1. The number of nitrogens with zero attached hydrogens (tertiary/aromatic N) is 1. The number of ether oxygens (including phenoxy) is 1. The zero-order valence-electron chi connectivity index (χ0n) is 13.4. The SMILES string of the molecule is CCCOc1ccc(Br)cc1CNN1C(C)CCCC1C. The largest absolute Gasteiger partial charge is 0.493 e. The van der Waals surface area contributed by atoms with E-state index in [0.717, 1.165) is 29.8 Å². The number of hydrogen-bond donors (Lipinski definition) is 1. The Hall–Kier alpha value is -0.580. The molecule has 1 aromatic rings. The van der Waals surface area contributed by atoms with Crippen LogP contribution in [-0.2, 0) is 6.54 Å². The van der Waals surface area contributed by atoms with Crippen molar-refractivity contribution in [1.82, 2.24) is 10.4 Å². The van der Waals surface area contributed by atoms with Gasteiger partial charge in [-0.15, -0.1) is 0 Å². The molecule has 0 radical (unpaired) electrons. The average Bonchev–Trinajstić information content (AvgIpc) is 2.46. The molecule has 1 aliphatic rings. The summed E-state index contributed by atoms with van der Waals surface area (Å²) >= 11 is 3.56. The van der Waals surface area contributed by atoms with Crippen molar-refractivity contribution in [3.8, 4) is 5.75 Å². The lowest BCUT2D eigenvalue weighted by Gasteiger charge is -2.39. The molecule has 118 valence electrons. The average molecular weight is 355 g/mol. The molecule has 2 unspecified atom stereocenters. The van der Waals surface area contributed by atoms with Gasteiger partial charge in [0.2, 0.25) is 0 Å². The minimum Gasteiger partial charge on any atom is -0.493 e. The van der Waals surface area contributed by atoms with Crippen molar-refractivity contribution in [2.24, 2.45) is 0 Å². The number of rotatable bonds is 6. The zero-order chi connectivity index (χ0) is 15.2.